The Morgan fingerprint density at radius 3 is 2.63 bits per heavy atom. The third-order valence-electron chi connectivity index (χ3n) is 7.57. The van der Waals surface area contributed by atoms with Gasteiger partial charge in [-0.3, -0.25) is 4.79 Å². The summed E-state index contributed by atoms with van der Waals surface area (Å²) in [4.78, 5) is 29.0. The Bertz CT molecular complexity index is 1620. The van der Waals surface area contributed by atoms with Crippen molar-refractivity contribution >= 4 is 40.2 Å². The van der Waals surface area contributed by atoms with E-state index >= 15 is 0 Å². The summed E-state index contributed by atoms with van der Waals surface area (Å²) in [5, 5.41) is 11.1. The van der Waals surface area contributed by atoms with Gasteiger partial charge in [0.2, 0.25) is 5.88 Å². The van der Waals surface area contributed by atoms with Crippen LogP contribution in [0.25, 0.3) is 21.8 Å². The molecule has 0 spiro atoms. The van der Waals surface area contributed by atoms with E-state index in [0.29, 0.717) is 39.4 Å². The van der Waals surface area contributed by atoms with Crippen molar-refractivity contribution in [1.29, 1.82) is 0 Å². The van der Waals surface area contributed by atoms with Gasteiger partial charge in [-0.25, -0.2) is 15.0 Å². The molecule has 1 aromatic carbocycles. The lowest BCUT2D eigenvalue weighted by Crippen LogP contribution is -2.34. The van der Waals surface area contributed by atoms with Gasteiger partial charge in [-0.05, 0) is 49.4 Å². The van der Waals surface area contributed by atoms with Crippen LogP contribution < -0.4 is 14.4 Å². The number of rotatable bonds is 8. The fourth-order valence-corrected chi connectivity index (χ4v) is 6.99. The molecule has 0 saturated heterocycles. The smallest absolute Gasteiger partial charge is 0.422 e. The summed E-state index contributed by atoms with van der Waals surface area (Å²) in [6, 6.07) is 18.5. The molecule has 1 aliphatic rings. The van der Waals surface area contributed by atoms with Gasteiger partial charge in [-0.1, -0.05) is 73.9 Å². The van der Waals surface area contributed by atoms with Gasteiger partial charge >= 0.3 is 12.1 Å². The normalized spacial score (nSPS) is 14.9. The Balaban J connectivity index is 1.49. The number of benzene rings is 1. The molecule has 0 amide bonds. The first-order valence-electron chi connectivity index (χ1n) is 15.3. The van der Waals surface area contributed by atoms with Gasteiger partial charge in [-0.15, -0.1) is 0 Å². The van der Waals surface area contributed by atoms with Crippen LogP contribution in [0.5, 0.6) is 5.88 Å². The average molecular weight is 672 g/mol. The third kappa shape index (κ3) is 9.12. The summed E-state index contributed by atoms with van der Waals surface area (Å²) in [6.45, 7) is 1.68. The van der Waals surface area contributed by atoms with Crippen molar-refractivity contribution in [2.75, 3.05) is 29.3 Å². The maximum absolute atomic E-state index is 12.8. The lowest BCUT2D eigenvalue weighted by molar-refractivity contribution is -0.154. The number of hydrogen-bond donors (Lipinski definition) is 2. The van der Waals surface area contributed by atoms with Crippen LogP contribution in [0.4, 0.5) is 24.1 Å². The number of thiazole rings is 1. The molecular formula is C33H36F3N5O3S2. The van der Waals surface area contributed by atoms with Crippen LogP contribution in [0.1, 0.15) is 51.0 Å². The summed E-state index contributed by atoms with van der Waals surface area (Å²) in [7, 11) is 0. The number of fused-ring (bicyclic) bond motifs is 6. The second-order valence-electron chi connectivity index (χ2n) is 11.1. The number of alkyl halides is 3. The minimum Gasteiger partial charge on any atom is -0.481 e. The zero-order valence-corrected chi connectivity index (χ0v) is 27.1. The number of anilines is 2. The highest BCUT2D eigenvalue weighted by Gasteiger charge is 2.29. The third-order valence-corrected chi connectivity index (χ3v) is 9.42. The van der Waals surface area contributed by atoms with Crippen LogP contribution in [-0.2, 0) is 11.2 Å². The van der Waals surface area contributed by atoms with Gasteiger partial charge in [0.05, 0.1) is 22.2 Å². The maximum Gasteiger partial charge on any atom is 0.422 e. The molecule has 4 aromatic rings. The van der Waals surface area contributed by atoms with Gasteiger partial charge in [0.25, 0.3) is 0 Å². The predicted octanol–water partition coefficient (Wildman–Crippen LogP) is 8.75. The van der Waals surface area contributed by atoms with Crippen LogP contribution in [-0.4, -0.2) is 51.9 Å². The fourth-order valence-electron chi connectivity index (χ4n) is 5.38. The number of carboxylic acids is 1. The van der Waals surface area contributed by atoms with E-state index < -0.39 is 24.7 Å². The lowest BCUT2D eigenvalue weighted by Gasteiger charge is -2.27. The molecule has 1 atom stereocenters. The van der Waals surface area contributed by atoms with E-state index in [1.807, 2.05) is 43.3 Å². The first kappa shape index (κ1) is 33.5. The number of nitrogens with zero attached hydrogens (tertiary/aromatic N) is 4. The summed E-state index contributed by atoms with van der Waals surface area (Å²) in [5.74, 6) is -0.662. The molecule has 0 radical (unpaired) electrons. The van der Waals surface area contributed by atoms with Crippen molar-refractivity contribution in [3.63, 3.8) is 0 Å². The number of ether oxygens (including phenoxy) is 1. The monoisotopic (exact) mass is 671 g/mol. The van der Waals surface area contributed by atoms with E-state index in [-0.39, 0.29) is 5.88 Å². The van der Waals surface area contributed by atoms with E-state index in [1.165, 1.54) is 29.4 Å². The van der Waals surface area contributed by atoms with Crippen LogP contribution in [0.15, 0.2) is 65.7 Å². The molecule has 4 heterocycles. The molecule has 2 N–H and O–H groups in total. The molecule has 8 nitrogen and oxygen atoms in total. The number of halogens is 3. The second kappa shape index (κ2) is 15.6. The van der Waals surface area contributed by atoms with Gasteiger partial charge in [-0.2, -0.15) is 13.2 Å². The van der Waals surface area contributed by atoms with E-state index in [2.05, 4.69) is 20.7 Å². The second-order valence-corrected chi connectivity index (χ2v) is 12.9. The SMILES string of the molecule is CCCC(CN1CCCCCCc2ccccc2-c2nc(sc2-c2cccc(OCC(F)(F)F)n2)NSc2cccc1n2)C(=O)O. The molecule has 1 aliphatic heterocycles. The molecule has 1 unspecified atom stereocenters. The summed E-state index contributed by atoms with van der Waals surface area (Å²) >= 11 is 2.63. The summed E-state index contributed by atoms with van der Waals surface area (Å²) in [6.07, 6.45) is 1.60. The molecule has 4 bridgehead atoms. The van der Waals surface area contributed by atoms with Gasteiger partial charge in [0.1, 0.15) is 10.8 Å². The number of carboxylic acid groups (broad SMARTS) is 1. The Hall–Kier alpha value is -3.84. The number of carbonyl (C=O) groups is 1. The van der Waals surface area contributed by atoms with Crippen molar-refractivity contribution in [1.82, 2.24) is 15.0 Å². The minimum absolute atomic E-state index is 0.115. The number of aliphatic carboxylic acids is 1. The summed E-state index contributed by atoms with van der Waals surface area (Å²) < 4.78 is 46.8. The largest absolute Gasteiger partial charge is 0.481 e. The van der Waals surface area contributed by atoms with Crippen LogP contribution >= 0.6 is 23.3 Å². The predicted molar refractivity (Wildman–Crippen MR) is 176 cm³/mol. The highest BCUT2D eigenvalue weighted by Crippen LogP contribution is 2.41. The molecule has 0 saturated carbocycles. The molecule has 244 valence electrons. The van der Waals surface area contributed by atoms with Crippen molar-refractivity contribution in [3.05, 3.63) is 66.2 Å². The number of aromatic nitrogens is 3. The van der Waals surface area contributed by atoms with E-state index in [1.54, 1.807) is 12.1 Å². The molecule has 3 aromatic heterocycles. The average Bonchev–Trinajstić information content (AvgIpc) is 3.47. The molecule has 13 heteroatoms. The number of aryl methyl sites for hydroxylation is 1. The quantitative estimate of drug-likeness (QED) is 0.178. The van der Waals surface area contributed by atoms with E-state index in [9.17, 15) is 23.1 Å². The zero-order valence-electron chi connectivity index (χ0n) is 25.4. The van der Waals surface area contributed by atoms with Crippen molar-refractivity contribution in [3.8, 4) is 27.7 Å². The first-order valence-corrected chi connectivity index (χ1v) is 17.0. The number of hydrogen-bond acceptors (Lipinski definition) is 9. The van der Waals surface area contributed by atoms with E-state index in [4.69, 9.17) is 14.7 Å². The number of nitrogens with one attached hydrogen (secondary N) is 1. The highest BCUT2D eigenvalue weighted by atomic mass is 32.2. The molecular weight excluding hydrogens is 636 g/mol. The molecule has 46 heavy (non-hydrogen) atoms. The topological polar surface area (TPSA) is 100 Å². The number of pyridine rings is 2. The first-order chi connectivity index (χ1) is 22.2. The molecule has 0 fully saturated rings. The van der Waals surface area contributed by atoms with Crippen molar-refractivity contribution in [2.24, 2.45) is 5.92 Å². The summed E-state index contributed by atoms with van der Waals surface area (Å²) in [5.41, 5.74) is 3.23. The fraction of sp³-hybridized carbons (Fsp3) is 0.394. The lowest BCUT2D eigenvalue weighted by atomic mass is 9.97. The van der Waals surface area contributed by atoms with Crippen molar-refractivity contribution in [2.45, 2.75) is 63.1 Å². The standard InChI is InChI=1S/C33H36F3N5O3S2/c1-2-11-23(31(42)43)20-41-19-8-4-3-5-12-22-13-6-7-14-24(22)29-30(25-15-9-17-27(37-25)44-21-33(34,35)36)45-32(39-29)40-46-28-18-10-16-26(41)38-28/h6-7,9-10,13-18,23H,2-5,8,11-12,19-21H2,1H3,(H,39,40)(H,42,43). The Kier molecular flexibility index (Phi) is 11.4. The minimum atomic E-state index is -4.48. The highest BCUT2D eigenvalue weighted by molar-refractivity contribution is 8.00. The van der Waals surface area contributed by atoms with Gasteiger partial charge in [0, 0.05) is 36.7 Å². The van der Waals surface area contributed by atoms with Crippen molar-refractivity contribution < 1.29 is 27.8 Å². The van der Waals surface area contributed by atoms with Crippen LogP contribution in [0.2, 0.25) is 0 Å². The van der Waals surface area contributed by atoms with Crippen LogP contribution in [0.3, 0.4) is 0 Å². The van der Waals surface area contributed by atoms with Gasteiger partial charge in [0.15, 0.2) is 11.7 Å². The van der Waals surface area contributed by atoms with E-state index in [0.717, 1.165) is 62.0 Å². The maximum atomic E-state index is 12.8. The van der Waals surface area contributed by atoms with Crippen LogP contribution in [0, 0.1) is 5.92 Å². The zero-order chi connectivity index (χ0) is 32.5. The molecule has 5 rings (SSSR count). The Morgan fingerprint density at radius 2 is 1.83 bits per heavy atom. The van der Waals surface area contributed by atoms with Gasteiger partial charge < -0.3 is 19.5 Å². The Morgan fingerprint density at radius 1 is 1.02 bits per heavy atom. The Labute approximate surface area is 274 Å². The molecule has 0 aliphatic carbocycles.